The standard InChI is InChI=1S/C28H32O8/c1-33-20-14-18(15-21(34-2)26(20)31)8-10-24(29)28(12-6-5-7-13-28)25(30)11-9-19-16-22(35-3)27(32)23(17-19)36-4/h8-11,14-17,31-32H,5-7,12-13H2,1-4H3/b10-8+,11-9+. The van der Waals surface area contributed by atoms with Crippen molar-refractivity contribution in [3.8, 4) is 34.5 Å². The minimum absolute atomic E-state index is 0.130. The molecule has 0 spiro atoms. The van der Waals surface area contributed by atoms with Crippen LogP contribution in [0.5, 0.6) is 34.5 Å². The number of ether oxygens (including phenoxy) is 4. The van der Waals surface area contributed by atoms with Gasteiger partial charge >= 0.3 is 0 Å². The summed E-state index contributed by atoms with van der Waals surface area (Å²) < 4.78 is 20.7. The predicted octanol–water partition coefficient (Wildman–Crippen LogP) is 4.95. The van der Waals surface area contributed by atoms with Gasteiger partial charge in [-0.05, 0) is 60.4 Å². The van der Waals surface area contributed by atoms with E-state index in [4.69, 9.17) is 18.9 Å². The van der Waals surface area contributed by atoms with Gasteiger partial charge in [-0.3, -0.25) is 9.59 Å². The Labute approximate surface area is 210 Å². The molecule has 2 N–H and O–H groups in total. The molecule has 2 aromatic rings. The quantitative estimate of drug-likeness (QED) is 0.351. The molecule has 8 nitrogen and oxygen atoms in total. The lowest BCUT2D eigenvalue weighted by Crippen LogP contribution is -2.39. The minimum Gasteiger partial charge on any atom is -0.502 e. The van der Waals surface area contributed by atoms with E-state index in [1.165, 1.54) is 40.6 Å². The fraction of sp³-hybridized carbons (Fsp3) is 0.357. The molecule has 0 saturated heterocycles. The van der Waals surface area contributed by atoms with Crippen molar-refractivity contribution in [3.63, 3.8) is 0 Å². The Kier molecular flexibility index (Phi) is 8.64. The predicted molar refractivity (Wildman–Crippen MR) is 136 cm³/mol. The third-order valence-corrected chi connectivity index (χ3v) is 6.51. The van der Waals surface area contributed by atoms with Crippen molar-refractivity contribution in [2.75, 3.05) is 28.4 Å². The highest BCUT2D eigenvalue weighted by molar-refractivity contribution is 6.17. The number of carbonyl (C=O) groups excluding carboxylic acids is 2. The molecule has 36 heavy (non-hydrogen) atoms. The number of methoxy groups -OCH3 is 4. The van der Waals surface area contributed by atoms with Crippen LogP contribution in [0.2, 0.25) is 0 Å². The second-order valence-electron chi connectivity index (χ2n) is 8.59. The second-order valence-corrected chi connectivity index (χ2v) is 8.59. The Morgan fingerprint density at radius 2 is 1.00 bits per heavy atom. The average Bonchev–Trinajstić information content (AvgIpc) is 2.91. The molecule has 0 unspecified atom stereocenters. The number of phenolic OH excluding ortho intramolecular Hbond substituents is 2. The molecule has 0 atom stereocenters. The first-order chi connectivity index (χ1) is 17.3. The van der Waals surface area contributed by atoms with E-state index in [9.17, 15) is 19.8 Å². The maximum Gasteiger partial charge on any atom is 0.200 e. The molecule has 0 amide bonds. The van der Waals surface area contributed by atoms with E-state index in [2.05, 4.69) is 0 Å². The summed E-state index contributed by atoms with van der Waals surface area (Å²) in [6.45, 7) is 0. The van der Waals surface area contributed by atoms with E-state index in [1.807, 2.05) is 0 Å². The van der Waals surface area contributed by atoms with Gasteiger partial charge in [-0.15, -0.1) is 0 Å². The number of ketones is 2. The van der Waals surface area contributed by atoms with Crippen LogP contribution < -0.4 is 18.9 Å². The van der Waals surface area contributed by atoms with Gasteiger partial charge in [0.2, 0.25) is 11.5 Å². The van der Waals surface area contributed by atoms with Crippen molar-refractivity contribution in [3.05, 3.63) is 47.5 Å². The van der Waals surface area contributed by atoms with Gasteiger partial charge in [-0.25, -0.2) is 0 Å². The maximum absolute atomic E-state index is 13.4. The van der Waals surface area contributed by atoms with Crippen LogP contribution in [0.25, 0.3) is 12.2 Å². The molecule has 8 heteroatoms. The largest absolute Gasteiger partial charge is 0.502 e. The van der Waals surface area contributed by atoms with E-state index in [0.717, 1.165) is 19.3 Å². The fourth-order valence-electron chi connectivity index (χ4n) is 4.45. The summed E-state index contributed by atoms with van der Waals surface area (Å²) in [5, 5.41) is 20.2. The SMILES string of the molecule is COc1cc(/C=C/C(=O)C2(C(=O)/C=C/c3cc(OC)c(O)c(OC)c3)CCCCC2)cc(OC)c1O. The second kappa shape index (κ2) is 11.7. The van der Waals surface area contributed by atoms with Crippen molar-refractivity contribution >= 4 is 23.7 Å². The number of allylic oxidation sites excluding steroid dienone is 2. The average molecular weight is 497 g/mol. The van der Waals surface area contributed by atoms with E-state index < -0.39 is 5.41 Å². The summed E-state index contributed by atoms with van der Waals surface area (Å²) in [7, 11) is 5.70. The summed E-state index contributed by atoms with van der Waals surface area (Å²) in [6, 6.07) is 6.34. The highest BCUT2D eigenvalue weighted by Gasteiger charge is 2.43. The van der Waals surface area contributed by atoms with Gasteiger partial charge in [0.25, 0.3) is 0 Å². The van der Waals surface area contributed by atoms with Crippen LogP contribution in [0.15, 0.2) is 36.4 Å². The molecule has 1 aliphatic rings. The maximum atomic E-state index is 13.4. The zero-order valence-electron chi connectivity index (χ0n) is 21.0. The number of carbonyl (C=O) groups is 2. The van der Waals surface area contributed by atoms with Gasteiger partial charge in [0, 0.05) is 0 Å². The van der Waals surface area contributed by atoms with Crippen LogP contribution in [-0.4, -0.2) is 50.2 Å². The lowest BCUT2D eigenvalue weighted by molar-refractivity contribution is -0.137. The van der Waals surface area contributed by atoms with Crippen LogP contribution in [-0.2, 0) is 9.59 Å². The van der Waals surface area contributed by atoms with Gasteiger partial charge in [-0.1, -0.05) is 31.4 Å². The summed E-state index contributed by atoms with van der Waals surface area (Å²) in [4.78, 5) is 26.9. The van der Waals surface area contributed by atoms with E-state index in [1.54, 1.807) is 36.4 Å². The summed E-state index contributed by atoms with van der Waals surface area (Å²) in [5.74, 6) is 0.0536. The van der Waals surface area contributed by atoms with Gasteiger partial charge in [-0.2, -0.15) is 0 Å². The number of hydrogen-bond donors (Lipinski definition) is 2. The topological polar surface area (TPSA) is 112 Å². The fourth-order valence-corrected chi connectivity index (χ4v) is 4.45. The zero-order valence-corrected chi connectivity index (χ0v) is 21.0. The lowest BCUT2D eigenvalue weighted by Gasteiger charge is -2.32. The molecule has 192 valence electrons. The van der Waals surface area contributed by atoms with Gasteiger partial charge in [0.15, 0.2) is 34.6 Å². The molecular weight excluding hydrogens is 464 g/mol. The Morgan fingerprint density at radius 1 is 0.667 bits per heavy atom. The van der Waals surface area contributed by atoms with Gasteiger partial charge < -0.3 is 29.2 Å². The molecule has 0 aliphatic heterocycles. The highest BCUT2D eigenvalue weighted by Crippen LogP contribution is 2.41. The Bertz CT molecular complexity index is 1040. The monoisotopic (exact) mass is 496 g/mol. The van der Waals surface area contributed by atoms with Gasteiger partial charge in [0.1, 0.15) is 0 Å². The normalized spacial score (nSPS) is 15.1. The van der Waals surface area contributed by atoms with Crippen LogP contribution in [0.1, 0.15) is 43.2 Å². The van der Waals surface area contributed by atoms with Crippen LogP contribution >= 0.6 is 0 Å². The number of rotatable bonds is 10. The molecule has 3 rings (SSSR count). The molecule has 1 saturated carbocycles. The molecule has 0 aromatic heterocycles. The van der Waals surface area contributed by atoms with Crippen molar-refractivity contribution in [1.82, 2.24) is 0 Å². The van der Waals surface area contributed by atoms with E-state index in [0.29, 0.717) is 24.0 Å². The smallest absolute Gasteiger partial charge is 0.200 e. The van der Waals surface area contributed by atoms with E-state index in [-0.39, 0.29) is 46.1 Å². The highest BCUT2D eigenvalue weighted by atomic mass is 16.5. The molecular formula is C28H32O8. The number of phenols is 2. The molecule has 1 aliphatic carbocycles. The van der Waals surface area contributed by atoms with Crippen molar-refractivity contribution in [1.29, 1.82) is 0 Å². The Morgan fingerprint density at radius 3 is 1.31 bits per heavy atom. The van der Waals surface area contributed by atoms with Crippen molar-refractivity contribution in [2.45, 2.75) is 32.1 Å². The number of aromatic hydroxyl groups is 2. The molecule has 1 fully saturated rings. The summed E-state index contributed by atoms with van der Waals surface area (Å²) >= 11 is 0. The molecule has 0 heterocycles. The first kappa shape index (κ1) is 26.7. The number of hydrogen-bond acceptors (Lipinski definition) is 8. The molecule has 2 aromatic carbocycles. The van der Waals surface area contributed by atoms with Crippen LogP contribution in [0.4, 0.5) is 0 Å². The lowest BCUT2D eigenvalue weighted by atomic mass is 9.68. The molecule has 0 bridgehead atoms. The Hall–Kier alpha value is -3.94. The van der Waals surface area contributed by atoms with Crippen molar-refractivity contribution in [2.24, 2.45) is 5.41 Å². The third kappa shape index (κ3) is 5.48. The van der Waals surface area contributed by atoms with Crippen LogP contribution in [0.3, 0.4) is 0 Å². The minimum atomic E-state index is -1.15. The molecule has 0 radical (unpaired) electrons. The third-order valence-electron chi connectivity index (χ3n) is 6.51. The first-order valence-electron chi connectivity index (χ1n) is 11.6. The van der Waals surface area contributed by atoms with Crippen molar-refractivity contribution < 1.29 is 38.7 Å². The first-order valence-corrected chi connectivity index (χ1v) is 11.6. The van der Waals surface area contributed by atoms with Gasteiger partial charge in [0.05, 0.1) is 33.9 Å². The number of benzene rings is 2. The summed E-state index contributed by atoms with van der Waals surface area (Å²) in [6.07, 6.45) is 9.46. The van der Waals surface area contributed by atoms with Crippen LogP contribution in [0, 0.1) is 5.41 Å². The Balaban J connectivity index is 1.90. The van der Waals surface area contributed by atoms with E-state index >= 15 is 0 Å². The zero-order chi connectivity index (χ0) is 26.3. The summed E-state index contributed by atoms with van der Waals surface area (Å²) in [5.41, 5.74) is 0.0284.